The smallest absolute Gasteiger partial charge is 0.265 e. The van der Waals surface area contributed by atoms with Crippen LogP contribution in [0.5, 0.6) is 0 Å². The minimum absolute atomic E-state index is 0.192. The van der Waals surface area contributed by atoms with E-state index in [4.69, 9.17) is 10.4 Å². The van der Waals surface area contributed by atoms with Crippen LogP contribution in [0.3, 0.4) is 0 Å². The Morgan fingerprint density at radius 1 is 1.13 bits per heavy atom. The van der Waals surface area contributed by atoms with E-state index in [9.17, 15) is 9.18 Å². The second-order valence-corrected chi connectivity index (χ2v) is 8.22. The molecule has 2 aliphatic rings. The van der Waals surface area contributed by atoms with Crippen molar-refractivity contribution >= 4 is 6.20 Å². The van der Waals surface area contributed by atoms with Crippen molar-refractivity contribution in [3.8, 4) is 11.1 Å². The number of hydrogen-bond donors (Lipinski definition) is 2. The van der Waals surface area contributed by atoms with Crippen LogP contribution in [-0.2, 0) is 13.6 Å². The quantitative estimate of drug-likeness (QED) is 0.679. The lowest BCUT2D eigenvalue weighted by atomic mass is 10.0. The van der Waals surface area contributed by atoms with E-state index in [0.717, 1.165) is 36.0 Å². The first-order valence-electron chi connectivity index (χ1n) is 10.6. The van der Waals surface area contributed by atoms with E-state index in [-0.39, 0.29) is 28.9 Å². The van der Waals surface area contributed by atoms with E-state index in [2.05, 4.69) is 5.32 Å². The van der Waals surface area contributed by atoms with Crippen LogP contribution in [-0.4, -0.2) is 15.2 Å². The molecule has 0 bridgehead atoms. The van der Waals surface area contributed by atoms with Crippen LogP contribution < -0.4 is 27.2 Å². The number of halogens is 1. The zero-order valence-electron chi connectivity index (χ0n) is 17.3. The molecule has 31 heavy (non-hydrogen) atoms. The third kappa shape index (κ3) is 3.40. The van der Waals surface area contributed by atoms with Crippen molar-refractivity contribution in [2.75, 3.05) is 0 Å². The molecule has 5 rings (SSSR count). The summed E-state index contributed by atoms with van der Waals surface area (Å²) < 4.78 is 16.6. The van der Waals surface area contributed by atoms with Gasteiger partial charge in [0.15, 0.2) is 0 Å². The Hall–Kier alpha value is -3.48. The van der Waals surface area contributed by atoms with Crippen molar-refractivity contribution in [2.24, 2.45) is 12.0 Å². The van der Waals surface area contributed by atoms with Gasteiger partial charge in [-0.3, -0.25) is 19.3 Å². The lowest BCUT2D eigenvalue weighted by Gasteiger charge is -2.13. The fourth-order valence-electron chi connectivity index (χ4n) is 4.61. The molecule has 0 spiro atoms. The summed E-state index contributed by atoms with van der Waals surface area (Å²) in [5.41, 5.74) is 3.65. The lowest BCUT2D eigenvalue weighted by molar-refractivity contribution is 0.466. The molecule has 2 N–H and O–H groups in total. The van der Waals surface area contributed by atoms with Gasteiger partial charge in [-0.25, -0.2) is 9.38 Å². The highest BCUT2D eigenvalue weighted by Crippen LogP contribution is 2.32. The fourth-order valence-corrected chi connectivity index (χ4v) is 4.61. The Labute approximate surface area is 178 Å². The summed E-state index contributed by atoms with van der Waals surface area (Å²) in [6.45, 7) is 0.532. The van der Waals surface area contributed by atoms with Crippen molar-refractivity contribution in [2.45, 2.75) is 37.9 Å². The van der Waals surface area contributed by atoms with Crippen LogP contribution in [0.4, 0.5) is 4.39 Å². The molecule has 1 aliphatic carbocycles. The molecular formula is C24H24FN5O. The Morgan fingerprint density at radius 3 is 2.52 bits per heavy atom. The second-order valence-electron chi connectivity index (χ2n) is 8.22. The molecule has 1 saturated carbocycles. The standard InChI is InChI=1S/C24H24FN5O/c1-29-23(31)19(22(26)30-21-4-2-3-20(21)28-24(29)30)14-27-13-15-5-7-16(8-6-15)17-9-11-18(25)12-10-17/h5-12,14,20-21,26-27H,2-4,13H2,1H3/b19-14+,26-22?/t20?,21-/m0/s1. The van der Waals surface area contributed by atoms with Gasteiger partial charge in [0.25, 0.3) is 5.56 Å². The fraction of sp³-hybridized carbons (Fsp3) is 0.292. The zero-order chi connectivity index (χ0) is 21.5. The summed E-state index contributed by atoms with van der Waals surface area (Å²) >= 11 is 0. The molecule has 2 heterocycles. The average Bonchev–Trinajstić information content (AvgIpc) is 3.37. The summed E-state index contributed by atoms with van der Waals surface area (Å²) in [6.07, 6.45) is 4.78. The van der Waals surface area contributed by atoms with Gasteiger partial charge in [0.05, 0.1) is 17.3 Å². The van der Waals surface area contributed by atoms with Crippen LogP contribution in [0.25, 0.3) is 17.3 Å². The predicted molar refractivity (Wildman–Crippen MR) is 116 cm³/mol. The normalized spacial score (nSPS) is 19.7. The molecule has 158 valence electrons. The maximum absolute atomic E-state index is 13.1. The highest BCUT2D eigenvalue weighted by Gasteiger charge is 2.34. The van der Waals surface area contributed by atoms with E-state index < -0.39 is 0 Å². The first kappa shape index (κ1) is 19.5. The van der Waals surface area contributed by atoms with Crippen LogP contribution in [0.1, 0.15) is 30.9 Å². The molecule has 6 nitrogen and oxygen atoms in total. The van der Waals surface area contributed by atoms with Crippen molar-refractivity contribution in [3.63, 3.8) is 0 Å². The van der Waals surface area contributed by atoms with Gasteiger partial charge in [-0.1, -0.05) is 36.4 Å². The summed E-state index contributed by atoms with van der Waals surface area (Å²) in [4.78, 5) is 17.5. The zero-order valence-corrected chi connectivity index (χ0v) is 17.3. The summed E-state index contributed by atoms with van der Waals surface area (Å²) in [5.74, 6) is -0.248. The number of rotatable bonds is 4. The van der Waals surface area contributed by atoms with Crippen LogP contribution >= 0.6 is 0 Å². The van der Waals surface area contributed by atoms with E-state index >= 15 is 0 Å². The van der Waals surface area contributed by atoms with Gasteiger partial charge < -0.3 is 5.32 Å². The number of nitrogens with zero attached hydrogens (tertiary/aromatic N) is 3. The largest absolute Gasteiger partial charge is 0.386 e. The number of benzene rings is 2. The molecule has 2 atom stereocenters. The van der Waals surface area contributed by atoms with E-state index in [1.165, 1.54) is 12.1 Å². The number of aromatic nitrogens is 2. The Balaban J connectivity index is 1.38. The van der Waals surface area contributed by atoms with Crippen LogP contribution in [0.15, 0.2) is 58.3 Å². The Kier molecular flexibility index (Phi) is 4.81. The minimum atomic E-state index is -0.248. The number of hydrogen-bond acceptors (Lipinski definition) is 4. The van der Waals surface area contributed by atoms with Crippen LogP contribution in [0, 0.1) is 11.2 Å². The topological polar surface area (TPSA) is 75.2 Å². The maximum atomic E-state index is 13.1. The molecule has 1 fully saturated rings. The van der Waals surface area contributed by atoms with E-state index in [1.54, 1.807) is 29.9 Å². The molecule has 0 amide bonds. The molecule has 0 saturated heterocycles. The predicted octanol–water partition coefficient (Wildman–Crippen LogP) is 1.73. The van der Waals surface area contributed by atoms with Crippen molar-refractivity contribution in [1.29, 1.82) is 5.41 Å². The monoisotopic (exact) mass is 417 g/mol. The average molecular weight is 417 g/mol. The minimum Gasteiger partial charge on any atom is -0.386 e. The third-order valence-corrected chi connectivity index (χ3v) is 6.29. The maximum Gasteiger partial charge on any atom is 0.265 e. The van der Waals surface area contributed by atoms with Gasteiger partial charge in [0, 0.05) is 19.8 Å². The van der Waals surface area contributed by atoms with Gasteiger partial charge in [-0.05, 0) is 48.1 Å². The summed E-state index contributed by atoms with van der Waals surface area (Å²) in [7, 11) is 1.73. The van der Waals surface area contributed by atoms with Gasteiger partial charge in [-0.15, -0.1) is 0 Å². The molecular weight excluding hydrogens is 393 g/mol. The molecule has 1 aliphatic heterocycles. The molecule has 7 heteroatoms. The summed E-state index contributed by atoms with van der Waals surface area (Å²) in [5, 5.41) is 12.2. The van der Waals surface area contributed by atoms with Crippen molar-refractivity contribution in [3.05, 3.63) is 86.6 Å². The highest BCUT2D eigenvalue weighted by atomic mass is 19.1. The van der Waals surface area contributed by atoms with Gasteiger partial charge in [0.2, 0.25) is 5.62 Å². The second kappa shape index (κ2) is 7.65. The number of nitrogens with one attached hydrogen (secondary N) is 2. The number of fused-ring (bicyclic) bond motifs is 3. The molecule has 0 radical (unpaired) electrons. The molecule has 1 aromatic heterocycles. The van der Waals surface area contributed by atoms with Gasteiger partial charge >= 0.3 is 0 Å². The van der Waals surface area contributed by atoms with E-state index in [1.807, 2.05) is 28.8 Å². The first-order valence-corrected chi connectivity index (χ1v) is 10.6. The van der Waals surface area contributed by atoms with Crippen molar-refractivity contribution < 1.29 is 4.39 Å². The molecule has 2 aromatic carbocycles. The van der Waals surface area contributed by atoms with Crippen LogP contribution in [0.2, 0.25) is 0 Å². The van der Waals surface area contributed by atoms with Crippen molar-refractivity contribution in [1.82, 2.24) is 14.5 Å². The first-order chi connectivity index (χ1) is 15.0. The summed E-state index contributed by atoms with van der Waals surface area (Å²) in [6, 6.07) is 14.8. The van der Waals surface area contributed by atoms with Gasteiger partial charge in [-0.2, -0.15) is 0 Å². The molecule has 1 unspecified atom stereocenters. The SMILES string of the molecule is Cn1c(=O)/c(=C/NCc2ccc(-c3ccc(F)cc3)cc2)c(=N)n2c1=NC1CCC[C@@H]12. The lowest BCUT2D eigenvalue weighted by Crippen LogP contribution is -2.57. The van der Waals surface area contributed by atoms with Gasteiger partial charge in [0.1, 0.15) is 11.3 Å². The van der Waals surface area contributed by atoms with E-state index in [0.29, 0.717) is 17.4 Å². The molecule has 3 aromatic rings. The highest BCUT2D eigenvalue weighted by molar-refractivity contribution is 5.63. The Bertz CT molecular complexity index is 1370. The third-order valence-electron chi connectivity index (χ3n) is 6.29. The Morgan fingerprint density at radius 2 is 1.81 bits per heavy atom.